The van der Waals surface area contributed by atoms with Gasteiger partial charge >= 0.3 is 11.9 Å². The molecule has 7 N–H and O–H groups in total. The third kappa shape index (κ3) is 28.1. The maximum absolute atomic E-state index is 13.0. The van der Waals surface area contributed by atoms with Crippen molar-refractivity contribution in [3.63, 3.8) is 0 Å². The lowest BCUT2D eigenvalue weighted by molar-refractivity contribution is -0.332. The minimum absolute atomic E-state index is 0.162. The number of allylic oxidation sites excluding steroid dienone is 4. The predicted molar refractivity (Wildman–Crippen MR) is 261 cm³/mol. The average Bonchev–Trinajstić information content (AvgIpc) is 3.33. The fourth-order valence-electron chi connectivity index (χ4n) is 8.44. The van der Waals surface area contributed by atoms with E-state index in [0.717, 1.165) is 51.4 Å². The van der Waals surface area contributed by atoms with E-state index in [1.165, 1.54) is 116 Å². The largest absolute Gasteiger partial charge is 0.462 e. The highest BCUT2D eigenvalue weighted by Crippen LogP contribution is 2.26. The fourth-order valence-corrected chi connectivity index (χ4v) is 8.44. The Morgan fingerprint density at radius 1 is 0.456 bits per heavy atom. The normalized spacial score (nSPS) is 25.9. The molecule has 2 aliphatic rings. The van der Waals surface area contributed by atoms with Crippen LogP contribution >= 0.6 is 0 Å². The zero-order valence-electron chi connectivity index (χ0n) is 42.1. The first-order valence-electron chi connectivity index (χ1n) is 26.9. The molecule has 2 saturated heterocycles. The Kier molecular flexibility index (Phi) is 37.0. The first-order valence-corrected chi connectivity index (χ1v) is 26.9. The third-order valence-corrected chi connectivity index (χ3v) is 12.9. The van der Waals surface area contributed by atoms with Crippen molar-refractivity contribution >= 4 is 11.9 Å². The Hall–Kier alpha value is -2.02. The highest BCUT2D eigenvalue weighted by molar-refractivity contribution is 5.70. The summed E-state index contributed by atoms with van der Waals surface area (Å²) < 4.78 is 33.6. The van der Waals surface area contributed by atoms with Gasteiger partial charge < -0.3 is 64.2 Å². The van der Waals surface area contributed by atoms with Crippen molar-refractivity contribution in [2.24, 2.45) is 0 Å². The van der Waals surface area contributed by atoms with Crippen LogP contribution < -0.4 is 0 Å². The molecule has 0 aliphatic carbocycles. The van der Waals surface area contributed by atoms with Gasteiger partial charge in [-0.15, -0.1) is 0 Å². The molecule has 0 aromatic heterocycles. The zero-order valence-corrected chi connectivity index (χ0v) is 42.1. The van der Waals surface area contributed by atoms with E-state index in [0.29, 0.717) is 12.8 Å². The predicted octanol–water partition coefficient (Wildman–Crippen LogP) is 7.94. The summed E-state index contributed by atoms with van der Waals surface area (Å²) in [5, 5.41) is 72.1. The van der Waals surface area contributed by atoms with Crippen LogP contribution in [0.5, 0.6) is 0 Å². The van der Waals surface area contributed by atoms with Gasteiger partial charge in [0.15, 0.2) is 18.7 Å². The monoisotopic (exact) mass is 973 g/mol. The molecule has 4 unspecified atom stereocenters. The Bertz CT molecular complexity index is 1280. The lowest BCUT2D eigenvalue weighted by Gasteiger charge is -2.42. The summed E-state index contributed by atoms with van der Waals surface area (Å²) in [5.74, 6) is -0.940. The van der Waals surface area contributed by atoms with Crippen molar-refractivity contribution in [1.29, 1.82) is 0 Å². The number of hydrogen-bond acceptors (Lipinski definition) is 15. The molecule has 0 spiro atoms. The number of hydrogen-bond donors (Lipinski definition) is 7. The maximum atomic E-state index is 13.0. The lowest BCUT2D eigenvalue weighted by Crippen LogP contribution is -2.61. The number of aliphatic hydroxyl groups excluding tert-OH is 7. The van der Waals surface area contributed by atoms with Crippen LogP contribution in [0.15, 0.2) is 24.3 Å². The molecule has 0 amide bonds. The van der Waals surface area contributed by atoms with Gasteiger partial charge in [0.2, 0.25) is 0 Å². The zero-order chi connectivity index (χ0) is 49.6. The molecule has 68 heavy (non-hydrogen) atoms. The standard InChI is InChI=1S/C53H96O15/c1-3-5-7-9-11-13-15-17-18-19-20-21-22-24-26-28-30-32-34-36-45(56)66-41(38-63-44(55)35-33-31-29-27-25-23-16-14-12-10-8-6-4-2)39-64-52-51(62)49(60)47(58)43(68-52)40-65-53-50(61)48(59)46(57)42(37-54)67-53/h17-18,23,25,41-43,46-54,57-62H,3-16,19-22,24,26-40H2,1-2H3/b18-17+,25-23+/t41-,42+,43+,46-,47-,48?,49?,50?,51?,52+,53+/m1/s1. The van der Waals surface area contributed by atoms with Gasteiger partial charge in [-0.2, -0.15) is 0 Å². The highest BCUT2D eigenvalue weighted by atomic mass is 16.7. The first-order chi connectivity index (χ1) is 33.0. The second kappa shape index (κ2) is 40.6. The van der Waals surface area contributed by atoms with Gasteiger partial charge in [0, 0.05) is 12.8 Å². The summed E-state index contributed by atoms with van der Waals surface area (Å²) in [5.41, 5.74) is 0. The van der Waals surface area contributed by atoms with Gasteiger partial charge in [0.1, 0.15) is 55.4 Å². The Labute approximate surface area is 409 Å². The summed E-state index contributed by atoms with van der Waals surface area (Å²) >= 11 is 0. The van der Waals surface area contributed by atoms with Crippen molar-refractivity contribution in [2.75, 3.05) is 26.4 Å². The van der Waals surface area contributed by atoms with E-state index in [9.17, 15) is 45.3 Å². The van der Waals surface area contributed by atoms with Gasteiger partial charge in [-0.1, -0.05) is 154 Å². The number of aliphatic hydroxyl groups is 7. The van der Waals surface area contributed by atoms with Crippen molar-refractivity contribution in [1.82, 2.24) is 0 Å². The SMILES string of the molecule is CCCCCCCC/C=C/CCCCCCCCCCCC(=O)O[C@H](COC(=O)CCCCC/C=C/CCCCCCCC)CO[C@H]1O[C@@H](CO[C@H]2O[C@@H](CO)[C@@H](O)C(O)C2O)[C@@H](O)C(O)C1O. The summed E-state index contributed by atoms with van der Waals surface area (Å²) in [6, 6.07) is 0. The van der Waals surface area contributed by atoms with Crippen molar-refractivity contribution in [3.05, 3.63) is 24.3 Å². The first kappa shape index (κ1) is 62.1. The summed E-state index contributed by atoms with van der Waals surface area (Å²) in [4.78, 5) is 25.8. The van der Waals surface area contributed by atoms with Crippen molar-refractivity contribution < 1.29 is 73.8 Å². The topological polar surface area (TPSA) is 231 Å². The molecule has 0 aromatic carbocycles. The molecule has 0 radical (unpaired) electrons. The molecule has 398 valence electrons. The van der Waals surface area contributed by atoms with Crippen molar-refractivity contribution in [2.45, 2.75) is 274 Å². The highest BCUT2D eigenvalue weighted by Gasteiger charge is 2.47. The lowest BCUT2D eigenvalue weighted by atomic mass is 9.98. The smallest absolute Gasteiger partial charge is 0.306 e. The van der Waals surface area contributed by atoms with E-state index >= 15 is 0 Å². The fraction of sp³-hybridized carbons (Fsp3) is 0.887. The summed E-state index contributed by atoms with van der Waals surface area (Å²) in [6.45, 7) is 2.58. The van der Waals surface area contributed by atoms with Crippen LogP contribution in [0.2, 0.25) is 0 Å². The molecule has 2 rings (SSSR count). The molecule has 0 saturated carbocycles. The van der Waals surface area contributed by atoms with Gasteiger partial charge in [0.25, 0.3) is 0 Å². The number of carbonyl (C=O) groups excluding carboxylic acids is 2. The van der Waals surface area contributed by atoms with Gasteiger partial charge in [0.05, 0.1) is 19.8 Å². The molecule has 15 nitrogen and oxygen atoms in total. The second-order valence-electron chi connectivity index (χ2n) is 19.0. The molecule has 0 aromatic rings. The van der Waals surface area contributed by atoms with Gasteiger partial charge in [-0.05, 0) is 64.2 Å². The van der Waals surface area contributed by atoms with Gasteiger partial charge in [-0.25, -0.2) is 0 Å². The van der Waals surface area contributed by atoms with E-state index in [2.05, 4.69) is 38.2 Å². The van der Waals surface area contributed by atoms with E-state index in [1.54, 1.807) is 0 Å². The third-order valence-electron chi connectivity index (χ3n) is 12.9. The summed E-state index contributed by atoms with van der Waals surface area (Å²) in [6.07, 6.45) is 24.9. The second-order valence-corrected chi connectivity index (χ2v) is 19.0. The minimum Gasteiger partial charge on any atom is -0.462 e. The maximum Gasteiger partial charge on any atom is 0.306 e. The number of rotatable bonds is 42. The van der Waals surface area contributed by atoms with Crippen LogP contribution in [0.4, 0.5) is 0 Å². The minimum atomic E-state index is -1.77. The Morgan fingerprint density at radius 2 is 0.838 bits per heavy atom. The van der Waals surface area contributed by atoms with E-state index < -0.39 is 92.7 Å². The molecule has 0 bridgehead atoms. The number of unbranched alkanes of at least 4 members (excludes halogenated alkanes) is 24. The van der Waals surface area contributed by atoms with Crippen LogP contribution in [-0.4, -0.2) is 142 Å². The average molecular weight is 973 g/mol. The molecule has 2 aliphatic heterocycles. The van der Waals surface area contributed by atoms with E-state index in [4.69, 9.17) is 28.4 Å². The number of esters is 2. The molecule has 11 atom stereocenters. The van der Waals surface area contributed by atoms with E-state index in [-0.39, 0.29) is 26.1 Å². The number of carbonyl (C=O) groups is 2. The van der Waals surface area contributed by atoms with Crippen LogP contribution in [0.25, 0.3) is 0 Å². The van der Waals surface area contributed by atoms with Crippen LogP contribution in [0, 0.1) is 0 Å². The van der Waals surface area contributed by atoms with E-state index in [1.807, 2.05) is 0 Å². The molecule has 2 heterocycles. The van der Waals surface area contributed by atoms with Crippen LogP contribution in [0.1, 0.15) is 206 Å². The Balaban J connectivity index is 1.79. The van der Waals surface area contributed by atoms with Crippen LogP contribution in [0.3, 0.4) is 0 Å². The Morgan fingerprint density at radius 3 is 1.31 bits per heavy atom. The van der Waals surface area contributed by atoms with Gasteiger partial charge in [-0.3, -0.25) is 9.59 Å². The number of ether oxygens (including phenoxy) is 6. The van der Waals surface area contributed by atoms with Crippen LogP contribution in [-0.2, 0) is 38.0 Å². The summed E-state index contributed by atoms with van der Waals surface area (Å²) in [7, 11) is 0. The molecule has 15 heteroatoms. The quantitative estimate of drug-likeness (QED) is 0.0175. The molecular formula is C53H96O15. The molecular weight excluding hydrogens is 877 g/mol. The molecule has 2 fully saturated rings. The van der Waals surface area contributed by atoms with Crippen molar-refractivity contribution in [3.8, 4) is 0 Å².